The molecule has 0 bridgehead atoms. The highest BCUT2D eigenvalue weighted by Crippen LogP contribution is 2.19. The Balaban J connectivity index is 1.58. The third kappa shape index (κ3) is 5.25. The van der Waals surface area contributed by atoms with Crippen molar-refractivity contribution < 1.29 is 18.3 Å². The van der Waals surface area contributed by atoms with Crippen LogP contribution in [0, 0.1) is 11.6 Å². The minimum atomic E-state index is -1.00. The van der Waals surface area contributed by atoms with Crippen LogP contribution in [0.3, 0.4) is 0 Å². The topological polar surface area (TPSA) is 73.2 Å². The van der Waals surface area contributed by atoms with Gasteiger partial charge in [-0.1, -0.05) is 30.3 Å². The number of nitrogens with zero attached hydrogens (tertiary/aromatic N) is 2. The van der Waals surface area contributed by atoms with Crippen molar-refractivity contribution in [1.29, 1.82) is 0 Å². The standard InChI is InChI=1S/C21H19F2N3O3/c1-14(29-19-9-7-16(22)13-17(19)23)21(28)24-11-12-26-20(27)10-8-18(25-26)15-5-3-2-4-6-15/h2-10,13-14H,11-12H2,1H3,(H,24,28). The molecule has 1 aromatic heterocycles. The van der Waals surface area contributed by atoms with E-state index in [0.29, 0.717) is 11.8 Å². The van der Waals surface area contributed by atoms with Gasteiger partial charge in [-0.2, -0.15) is 5.10 Å². The summed E-state index contributed by atoms with van der Waals surface area (Å²) in [5.41, 5.74) is 1.21. The molecule has 0 saturated heterocycles. The van der Waals surface area contributed by atoms with E-state index in [9.17, 15) is 18.4 Å². The van der Waals surface area contributed by atoms with Crippen LogP contribution < -0.4 is 15.6 Å². The second-order valence-electron chi connectivity index (χ2n) is 6.27. The Kier molecular flexibility index (Phi) is 6.33. The molecule has 29 heavy (non-hydrogen) atoms. The molecule has 0 spiro atoms. The lowest BCUT2D eigenvalue weighted by Gasteiger charge is -2.15. The van der Waals surface area contributed by atoms with E-state index < -0.39 is 23.6 Å². The summed E-state index contributed by atoms with van der Waals surface area (Å²) in [6, 6.07) is 15.3. The van der Waals surface area contributed by atoms with Crippen molar-refractivity contribution in [2.45, 2.75) is 19.6 Å². The van der Waals surface area contributed by atoms with Crippen LogP contribution in [0.1, 0.15) is 6.92 Å². The molecule has 0 fully saturated rings. The van der Waals surface area contributed by atoms with E-state index in [1.54, 1.807) is 6.07 Å². The van der Waals surface area contributed by atoms with E-state index in [1.165, 1.54) is 17.7 Å². The van der Waals surface area contributed by atoms with Crippen LogP contribution in [-0.2, 0) is 11.3 Å². The average Bonchev–Trinajstić information content (AvgIpc) is 2.72. The molecule has 150 valence electrons. The molecule has 3 rings (SSSR count). The van der Waals surface area contributed by atoms with Gasteiger partial charge in [-0.25, -0.2) is 13.5 Å². The molecule has 0 aliphatic heterocycles. The second kappa shape index (κ2) is 9.09. The molecule has 1 amide bonds. The molecule has 0 aliphatic carbocycles. The minimum absolute atomic E-state index is 0.129. The van der Waals surface area contributed by atoms with Crippen molar-refractivity contribution in [2.24, 2.45) is 0 Å². The van der Waals surface area contributed by atoms with E-state index in [2.05, 4.69) is 10.4 Å². The van der Waals surface area contributed by atoms with Gasteiger partial charge in [0.2, 0.25) is 0 Å². The molecule has 3 aromatic rings. The van der Waals surface area contributed by atoms with Crippen LogP contribution >= 0.6 is 0 Å². The van der Waals surface area contributed by atoms with Gasteiger partial charge in [0.05, 0.1) is 12.2 Å². The molecule has 6 nitrogen and oxygen atoms in total. The molecule has 8 heteroatoms. The zero-order valence-corrected chi connectivity index (χ0v) is 15.6. The van der Waals surface area contributed by atoms with Gasteiger partial charge in [-0.3, -0.25) is 9.59 Å². The number of benzene rings is 2. The Bertz CT molecular complexity index is 1050. The van der Waals surface area contributed by atoms with Gasteiger partial charge in [0.15, 0.2) is 17.7 Å². The lowest BCUT2D eigenvalue weighted by atomic mass is 10.1. The highest BCUT2D eigenvalue weighted by atomic mass is 19.1. The molecule has 0 radical (unpaired) electrons. The Morgan fingerprint density at radius 2 is 1.90 bits per heavy atom. The maximum absolute atomic E-state index is 13.6. The molecule has 0 saturated carbocycles. The van der Waals surface area contributed by atoms with Crippen LogP contribution in [0.25, 0.3) is 11.3 Å². The van der Waals surface area contributed by atoms with E-state index in [0.717, 1.165) is 17.7 Å². The van der Waals surface area contributed by atoms with Gasteiger partial charge in [0.25, 0.3) is 11.5 Å². The average molecular weight is 399 g/mol. The summed E-state index contributed by atoms with van der Waals surface area (Å²) in [5.74, 6) is -2.34. The van der Waals surface area contributed by atoms with Gasteiger partial charge in [-0.05, 0) is 25.1 Å². The number of amides is 1. The first-order valence-corrected chi connectivity index (χ1v) is 8.97. The molecule has 1 N–H and O–H groups in total. The normalized spacial score (nSPS) is 11.7. The van der Waals surface area contributed by atoms with Crippen LogP contribution in [0.2, 0.25) is 0 Å². The van der Waals surface area contributed by atoms with Crippen molar-refractivity contribution in [3.05, 3.63) is 82.7 Å². The molecule has 1 unspecified atom stereocenters. The summed E-state index contributed by atoms with van der Waals surface area (Å²) in [6.45, 7) is 1.73. The molecule has 1 atom stereocenters. The quantitative estimate of drug-likeness (QED) is 0.663. The fraction of sp³-hybridized carbons (Fsp3) is 0.190. The summed E-state index contributed by atoms with van der Waals surface area (Å²) in [5, 5.41) is 6.92. The highest BCUT2D eigenvalue weighted by molar-refractivity contribution is 5.80. The Morgan fingerprint density at radius 1 is 1.14 bits per heavy atom. The van der Waals surface area contributed by atoms with E-state index in [-0.39, 0.29) is 24.4 Å². The number of carbonyl (C=O) groups excluding carboxylic acids is 1. The zero-order valence-electron chi connectivity index (χ0n) is 15.6. The van der Waals surface area contributed by atoms with Crippen LogP contribution in [0.15, 0.2) is 65.5 Å². The van der Waals surface area contributed by atoms with Crippen LogP contribution in [0.4, 0.5) is 8.78 Å². The molecular formula is C21H19F2N3O3. The Hall–Kier alpha value is -3.55. The molecular weight excluding hydrogens is 380 g/mol. The SMILES string of the molecule is CC(Oc1ccc(F)cc1F)C(=O)NCCn1nc(-c2ccccc2)ccc1=O. The summed E-state index contributed by atoms with van der Waals surface area (Å²) in [6.07, 6.45) is -1.00. The number of rotatable bonds is 7. The van der Waals surface area contributed by atoms with Crippen molar-refractivity contribution >= 4 is 5.91 Å². The maximum atomic E-state index is 13.6. The van der Waals surface area contributed by atoms with E-state index >= 15 is 0 Å². The van der Waals surface area contributed by atoms with Crippen LogP contribution in [-0.4, -0.2) is 28.3 Å². The number of aromatic nitrogens is 2. The second-order valence-corrected chi connectivity index (χ2v) is 6.27. The molecule has 2 aromatic carbocycles. The number of hydrogen-bond donors (Lipinski definition) is 1. The van der Waals surface area contributed by atoms with Crippen molar-refractivity contribution in [3.63, 3.8) is 0 Å². The van der Waals surface area contributed by atoms with Crippen molar-refractivity contribution in [2.75, 3.05) is 6.54 Å². The monoisotopic (exact) mass is 399 g/mol. The van der Waals surface area contributed by atoms with Crippen molar-refractivity contribution in [1.82, 2.24) is 15.1 Å². The van der Waals surface area contributed by atoms with Gasteiger partial charge in [0, 0.05) is 24.2 Å². The minimum Gasteiger partial charge on any atom is -0.478 e. The third-order valence-electron chi connectivity index (χ3n) is 4.13. The van der Waals surface area contributed by atoms with Crippen molar-refractivity contribution in [3.8, 4) is 17.0 Å². The first-order chi connectivity index (χ1) is 13.9. The fourth-order valence-corrected chi connectivity index (χ4v) is 2.62. The van der Waals surface area contributed by atoms with Gasteiger partial charge in [0.1, 0.15) is 5.82 Å². The molecule has 1 heterocycles. The summed E-state index contributed by atoms with van der Waals surface area (Å²) in [7, 11) is 0. The van der Waals surface area contributed by atoms with E-state index in [4.69, 9.17) is 4.74 Å². The summed E-state index contributed by atoms with van der Waals surface area (Å²) >= 11 is 0. The predicted molar refractivity (Wildman–Crippen MR) is 103 cm³/mol. The summed E-state index contributed by atoms with van der Waals surface area (Å²) < 4.78 is 33.0. The van der Waals surface area contributed by atoms with Crippen LogP contribution in [0.5, 0.6) is 5.75 Å². The summed E-state index contributed by atoms with van der Waals surface area (Å²) in [4.78, 5) is 24.2. The Morgan fingerprint density at radius 3 is 2.62 bits per heavy atom. The number of halogens is 2. The lowest BCUT2D eigenvalue weighted by molar-refractivity contribution is -0.127. The molecule has 0 aliphatic rings. The predicted octanol–water partition coefficient (Wildman–Crippen LogP) is 2.77. The third-order valence-corrected chi connectivity index (χ3v) is 4.13. The Labute approximate surface area is 165 Å². The van der Waals surface area contributed by atoms with Gasteiger partial charge in [-0.15, -0.1) is 0 Å². The first kappa shape index (κ1) is 20.2. The maximum Gasteiger partial charge on any atom is 0.266 e. The largest absolute Gasteiger partial charge is 0.478 e. The number of hydrogen-bond acceptors (Lipinski definition) is 4. The first-order valence-electron chi connectivity index (χ1n) is 8.97. The number of ether oxygens (including phenoxy) is 1. The smallest absolute Gasteiger partial charge is 0.266 e. The fourth-order valence-electron chi connectivity index (χ4n) is 2.62. The van der Waals surface area contributed by atoms with E-state index in [1.807, 2.05) is 30.3 Å². The number of nitrogens with one attached hydrogen (secondary N) is 1. The van der Waals surface area contributed by atoms with Gasteiger partial charge < -0.3 is 10.1 Å². The lowest BCUT2D eigenvalue weighted by Crippen LogP contribution is -2.39. The number of carbonyl (C=O) groups is 1. The zero-order chi connectivity index (χ0) is 20.8. The highest BCUT2D eigenvalue weighted by Gasteiger charge is 2.16. The van der Waals surface area contributed by atoms with Gasteiger partial charge >= 0.3 is 0 Å².